The lowest BCUT2D eigenvalue weighted by Gasteiger charge is -2.25. The molecule has 1 fully saturated rings. The van der Waals surface area contributed by atoms with E-state index in [0.717, 1.165) is 18.4 Å². The van der Waals surface area contributed by atoms with Gasteiger partial charge in [-0.25, -0.2) is 0 Å². The number of aliphatic hydroxyl groups excluding tert-OH is 1. The van der Waals surface area contributed by atoms with Gasteiger partial charge in [-0.3, -0.25) is 9.59 Å². The van der Waals surface area contributed by atoms with E-state index in [9.17, 15) is 14.7 Å². The minimum absolute atomic E-state index is 0.0339. The van der Waals surface area contributed by atoms with E-state index in [1.54, 1.807) is 29.2 Å². The van der Waals surface area contributed by atoms with Crippen LogP contribution in [0.1, 0.15) is 50.8 Å². The second-order valence-corrected chi connectivity index (χ2v) is 7.78. The number of hydrogen-bond acceptors (Lipinski definition) is 5. The Bertz CT molecular complexity index is 978. The quantitative estimate of drug-likeness (QED) is 0.378. The Morgan fingerprint density at radius 1 is 1.10 bits per heavy atom. The molecule has 31 heavy (non-hydrogen) atoms. The van der Waals surface area contributed by atoms with E-state index >= 15 is 0 Å². The highest BCUT2D eigenvalue weighted by Crippen LogP contribution is 2.41. The molecule has 0 radical (unpaired) electrons. The summed E-state index contributed by atoms with van der Waals surface area (Å²) in [7, 11) is 1.50. The zero-order chi connectivity index (χ0) is 22.5. The highest BCUT2D eigenvalue weighted by atomic mass is 16.5. The number of ketones is 1. The number of amides is 1. The summed E-state index contributed by atoms with van der Waals surface area (Å²) in [5.74, 6) is -0.389. The number of Topliss-reactive ketones (excluding diaryl/α,β-unsaturated/α-hetero) is 1. The third kappa shape index (κ3) is 4.58. The van der Waals surface area contributed by atoms with E-state index in [0.29, 0.717) is 23.6 Å². The number of unbranched alkanes of at least 4 members (excludes halogenated alkanes) is 1. The molecule has 2 aromatic rings. The molecule has 2 aromatic carbocycles. The number of aliphatic hydroxyl groups is 1. The van der Waals surface area contributed by atoms with Crippen LogP contribution in [0, 0.1) is 0 Å². The van der Waals surface area contributed by atoms with Gasteiger partial charge in [0.25, 0.3) is 11.7 Å². The number of carbonyl (C=O) groups excluding carboxylic acids is 2. The zero-order valence-corrected chi connectivity index (χ0v) is 18.4. The van der Waals surface area contributed by atoms with Crippen molar-refractivity contribution in [3.8, 4) is 11.5 Å². The number of benzene rings is 2. The average Bonchev–Trinajstić information content (AvgIpc) is 3.02. The molecule has 0 aromatic heterocycles. The third-order valence-electron chi connectivity index (χ3n) is 5.22. The molecule has 0 saturated carbocycles. The first-order valence-corrected chi connectivity index (χ1v) is 10.6. The Labute approximate surface area is 183 Å². The van der Waals surface area contributed by atoms with Crippen molar-refractivity contribution in [1.82, 2.24) is 4.90 Å². The first-order valence-electron chi connectivity index (χ1n) is 10.6. The fourth-order valence-electron chi connectivity index (χ4n) is 3.77. The molecule has 6 heteroatoms. The van der Waals surface area contributed by atoms with Gasteiger partial charge in [0.05, 0.1) is 30.4 Å². The van der Waals surface area contributed by atoms with Crippen LogP contribution in [0.2, 0.25) is 0 Å². The molecule has 0 aliphatic carbocycles. The molecule has 6 nitrogen and oxygen atoms in total. The molecule has 164 valence electrons. The van der Waals surface area contributed by atoms with Crippen molar-refractivity contribution >= 4 is 17.4 Å². The Hall–Kier alpha value is -3.28. The number of rotatable bonds is 8. The summed E-state index contributed by atoms with van der Waals surface area (Å²) < 4.78 is 11.1. The molecule has 1 aliphatic heterocycles. The third-order valence-corrected chi connectivity index (χ3v) is 5.22. The van der Waals surface area contributed by atoms with Crippen molar-refractivity contribution in [2.24, 2.45) is 0 Å². The molecule has 1 atom stereocenters. The van der Waals surface area contributed by atoms with Gasteiger partial charge < -0.3 is 19.5 Å². The van der Waals surface area contributed by atoms with Crippen LogP contribution in [-0.4, -0.2) is 41.5 Å². The average molecular weight is 424 g/mol. The molecule has 1 heterocycles. The van der Waals surface area contributed by atoms with Crippen LogP contribution >= 0.6 is 0 Å². The fourth-order valence-corrected chi connectivity index (χ4v) is 3.77. The summed E-state index contributed by atoms with van der Waals surface area (Å²) in [4.78, 5) is 27.4. The number of likely N-dealkylation sites (tertiary alicyclic amines) is 1. The van der Waals surface area contributed by atoms with Gasteiger partial charge in [0.2, 0.25) is 0 Å². The van der Waals surface area contributed by atoms with Crippen LogP contribution in [0.15, 0.2) is 54.1 Å². The van der Waals surface area contributed by atoms with Crippen molar-refractivity contribution in [3.63, 3.8) is 0 Å². The number of nitrogens with zero attached hydrogens (tertiary/aromatic N) is 1. The molecule has 0 bridgehead atoms. The molecule has 1 N–H and O–H groups in total. The number of ether oxygens (including phenoxy) is 2. The lowest BCUT2D eigenvalue weighted by atomic mass is 9.95. The monoisotopic (exact) mass is 423 g/mol. The van der Waals surface area contributed by atoms with E-state index < -0.39 is 17.7 Å². The van der Waals surface area contributed by atoms with Crippen LogP contribution < -0.4 is 9.47 Å². The van der Waals surface area contributed by atoms with Gasteiger partial charge >= 0.3 is 0 Å². The van der Waals surface area contributed by atoms with Crippen LogP contribution in [0.3, 0.4) is 0 Å². The van der Waals surface area contributed by atoms with Crippen molar-refractivity contribution in [2.75, 3.05) is 13.7 Å². The molecular weight excluding hydrogens is 394 g/mol. The molecule has 1 aliphatic rings. The predicted octanol–water partition coefficient (Wildman–Crippen LogP) is 4.70. The van der Waals surface area contributed by atoms with E-state index in [4.69, 9.17) is 9.47 Å². The van der Waals surface area contributed by atoms with E-state index in [1.165, 1.54) is 7.11 Å². The van der Waals surface area contributed by atoms with Gasteiger partial charge in [0.15, 0.2) is 0 Å². The lowest BCUT2D eigenvalue weighted by molar-refractivity contribution is -0.139. The second kappa shape index (κ2) is 9.69. The van der Waals surface area contributed by atoms with Crippen molar-refractivity contribution < 1.29 is 24.2 Å². The summed E-state index contributed by atoms with van der Waals surface area (Å²) >= 11 is 0. The first kappa shape index (κ1) is 22.4. The summed E-state index contributed by atoms with van der Waals surface area (Å²) in [6.45, 7) is 6.35. The van der Waals surface area contributed by atoms with Crippen molar-refractivity contribution in [3.05, 3.63) is 65.2 Å². The molecule has 1 amide bonds. The molecular formula is C25H29NO5. The lowest BCUT2D eigenvalue weighted by Crippen LogP contribution is -2.30. The fraction of sp³-hybridized carbons (Fsp3) is 0.360. The normalized spacial score (nSPS) is 18.0. The highest BCUT2D eigenvalue weighted by molar-refractivity contribution is 6.46. The number of methoxy groups -OCH3 is 1. The Morgan fingerprint density at radius 3 is 2.39 bits per heavy atom. The Balaban J connectivity index is 2.13. The van der Waals surface area contributed by atoms with Gasteiger partial charge in [-0.05, 0) is 50.1 Å². The Kier molecular flexibility index (Phi) is 7.00. The van der Waals surface area contributed by atoms with Crippen molar-refractivity contribution in [2.45, 2.75) is 45.8 Å². The van der Waals surface area contributed by atoms with Gasteiger partial charge in [0.1, 0.15) is 17.3 Å². The largest absolute Gasteiger partial charge is 0.507 e. The number of hydrogen-bond donors (Lipinski definition) is 1. The van der Waals surface area contributed by atoms with Gasteiger partial charge in [-0.15, -0.1) is 0 Å². The van der Waals surface area contributed by atoms with Gasteiger partial charge in [0, 0.05) is 6.54 Å². The van der Waals surface area contributed by atoms with Crippen LogP contribution in [0.4, 0.5) is 0 Å². The summed E-state index contributed by atoms with van der Waals surface area (Å²) in [6, 6.07) is 13.5. The molecule has 1 saturated heterocycles. The van der Waals surface area contributed by atoms with E-state index in [1.807, 2.05) is 45.0 Å². The van der Waals surface area contributed by atoms with Gasteiger partial charge in [-0.1, -0.05) is 37.6 Å². The topological polar surface area (TPSA) is 76.1 Å². The minimum Gasteiger partial charge on any atom is -0.507 e. The predicted molar refractivity (Wildman–Crippen MR) is 119 cm³/mol. The van der Waals surface area contributed by atoms with E-state index in [-0.39, 0.29) is 17.4 Å². The van der Waals surface area contributed by atoms with E-state index in [2.05, 4.69) is 0 Å². The van der Waals surface area contributed by atoms with Crippen molar-refractivity contribution in [1.29, 1.82) is 0 Å². The van der Waals surface area contributed by atoms with Crippen LogP contribution in [-0.2, 0) is 9.59 Å². The van der Waals surface area contributed by atoms with Crippen LogP contribution in [0.5, 0.6) is 11.5 Å². The maximum atomic E-state index is 13.0. The number of carbonyl (C=O) groups is 2. The maximum Gasteiger partial charge on any atom is 0.295 e. The van der Waals surface area contributed by atoms with Crippen LogP contribution in [0.25, 0.3) is 5.76 Å². The second-order valence-electron chi connectivity index (χ2n) is 7.78. The standard InChI is InChI=1S/C25H29NO5/c1-5-6-15-26-22(17-11-13-18(14-12-17)31-16(2)3)21(24(28)25(26)29)23(27)19-9-7-8-10-20(19)30-4/h7-14,16,22,27H,5-6,15H2,1-4H3/b23-21-. The molecule has 3 rings (SSSR count). The SMILES string of the molecule is CCCCN1C(=O)C(=O)/C(=C(\O)c2ccccc2OC)C1c1ccc(OC(C)C)cc1. The van der Waals surface area contributed by atoms with Gasteiger partial charge in [-0.2, -0.15) is 0 Å². The smallest absolute Gasteiger partial charge is 0.295 e. The number of para-hydroxylation sites is 1. The first-order chi connectivity index (χ1) is 14.9. The zero-order valence-electron chi connectivity index (χ0n) is 18.4. The highest BCUT2D eigenvalue weighted by Gasteiger charge is 2.46. The minimum atomic E-state index is -0.688. The summed E-state index contributed by atoms with van der Waals surface area (Å²) in [5, 5.41) is 11.1. The molecule has 0 spiro atoms. The Morgan fingerprint density at radius 2 is 1.77 bits per heavy atom. The molecule has 1 unspecified atom stereocenters. The maximum absolute atomic E-state index is 13.0. The summed E-state index contributed by atoms with van der Waals surface area (Å²) in [5.41, 5.74) is 1.19. The summed E-state index contributed by atoms with van der Waals surface area (Å²) in [6.07, 6.45) is 1.67.